The van der Waals surface area contributed by atoms with Crippen molar-refractivity contribution in [1.82, 2.24) is 10.2 Å². The number of amides is 3. The first-order valence-electron chi connectivity index (χ1n) is 14.9. The van der Waals surface area contributed by atoms with Crippen LogP contribution in [0.25, 0.3) is 16.7 Å². The minimum atomic E-state index is -3.32. The van der Waals surface area contributed by atoms with E-state index in [9.17, 15) is 14.4 Å². The molecule has 6 rings (SSSR count). The maximum Gasteiger partial charge on any atom is 0.275 e. The number of carbonyl (C=O) groups is 3. The molecule has 2 aliphatic heterocycles. The van der Waals surface area contributed by atoms with E-state index in [1.165, 1.54) is 11.0 Å². The average Bonchev–Trinajstić information content (AvgIpc) is 3.19. The smallest absolute Gasteiger partial charge is 0.275 e. The topological polar surface area (TPSA) is 81.8 Å². The molecule has 46 heavy (non-hydrogen) atoms. The number of benzene rings is 4. The number of hydrogen-bond acceptors (Lipinski definition) is 4. The molecular weight excluding hydrogens is 610 g/mol. The summed E-state index contributed by atoms with van der Waals surface area (Å²) in [7, 11) is 0. The number of allylic oxidation sites excluding steroid dienone is 1. The van der Waals surface area contributed by atoms with Gasteiger partial charge in [-0.2, -0.15) is 0 Å². The highest BCUT2D eigenvalue weighted by atomic mass is 35.5. The van der Waals surface area contributed by atoms with Gasteiger partial charge in [0.15, 0.2) is 0 Å². The summed E-state index contributed by atoms with van der Waals surface area (Å²) in [6, 6.07) is 29.7. The van der Waals surface area contributed by atoms with E-state index in [1.54, 1.807) is 59.5 Å². The van der Waals surface area contributed by atoms with Gasteiger partial charge in [0.05, 0.1) is 5.69 Å². The molecule has 2 heterocycles. The zero-order valence-electron chi connectivity index (χ0n) is 24.9. The first-order valence-corrected chi connectivity index (χ1v) is 14.9. The molecule has 1 saturated heterocycles. The number of hydrogen-bond donors (Lipinski definition) is 2. The first-order chi connectivity index (χ1) is 21.8. The van der Waals surface area contributed by atoms with E-state index in [0.717, 1.165) is 17.2 Å². The van der Waals surface area contributed by atoms with Crippen LogP contribution in [0, 0.1) is 0 Å². The maximum absolute atomic E-state index is 15.6. The van der Waals surface area contributed by atoms with Crippen LogP contribution in [0.5, 0.6) is 0 Å². The molecule has 1 fully saturated rings. The molecule has 10 heteroatoms. The van der Waals surface area contributed by atoms with Gasteiger partial charge in [-0.05, 0) is 47.5 Å². The van der Waals surface area contributed by atoms with Crippen LogP contribution in [0.2, 0.25) is 0 Å². The molecule has 0 unspecified atom stereocenters. The third-order valence-electron chi connectivity index (χ3n) is 8.12. The number of rotatable bonds is 5. The molecule has 2 aliphatic rings. The van der Waals surface area contributed by atoms with Gasteiger partial charge < -0.3 is 20.4 Å². The summed E-state index contributed by atoms with van der Waals surface area (Å²) in [5, 5.41) is 6.04. The zero-order valence-corrected chi connectivity index (χ0v) is 25.7. The van der Waals surface area contributed by atoms with Gasteiger partial charge in [-0.3, -0.25) is 14.4 Å². The summed E-state index contributed by atoms with van der Waals surface area (Å²) in [5.74, 6) is -4.55. The van der Waals surface area contributed by atoms with Crippen molar-refractivity contribution < 1.29 is 23.2 Å². The zero-order chi connectivity index (χ0) is 31.4. The number of nitrogens with zero attached hydrogens (tertiary/aromatic N) is 2. The number of nitrogens with one attached hydrogen (secondary N) is 2. The fourth-order valence-corrected chi connectivity index (χ4v) is 5.74. The fourth-order valence-electron chi connectivity index (χ4n) is 5.74. The van der Waals surface area contributed by atoms with Gasteiger partial charge in [0, 0.05) is 73.2 Å². The Kier molecular flexibility index (Phi) is 9.94. The second kappa shape index (κ2) is 14.1. The Morgan fingerprint density at radius 2 is 1.39 bits per heavy atom. The summed E-state index contributed by atoms with van der Waals surface area (Å²) in [4.78, 5) is 42.8. The largest absolute Gasteiger partial charge is 0.337 e. The van der Waals surface area contributed by atoms with Crippen molar-refractivity contribution in [2.75, 3.05) is 42.9 Å². The Morgan fingerprint density at radius 3 is 2.11 bits per heavy atom. The lowest BCUT2D eigenvalue weighted by molar-refractivity contribution is -0.126. The molecule has 0 spiro atoms. The van der Waals surface area contributed by atoms with Crippen LogP contribution in [-0.2, 0) is 4.79 Å². The Bertz CT molecular complexity index is 1760. The molecule has 2 N–H and O–H groups in total. The summed E-state index contributed by atoms with van der Waals surface area (Å²) >= 11 is 0. The summed E-state index contributed by atoms with van der Waals surface area (Å²) in [5.41, 5.74) is 3.06. The molecule has 0 radical (unpaired) electrons. The predicted octanol–water partition coefficient (Wildman–Crippen LogP) is 6.53. The number of piperazine rings is 1. The van der Waals surface area contributed by atoms with E-state index in [4.69, 9.17) is 0 Å². The van der Waals surface area contributed by atoms with Gasteiger partial charge in [0.1, 0.15) is 0 Å². The molecular formula is C36H33ClF2N4O3. The van der Waals surface area contributed by atoms with E-state index in [2.05, 4.69) is 10.6 Å². The van der Waals surface area contributed by atoms with Crippen molar-refractivity contribution in [2.45, 2.75) is 12.3 Å². The summed E-state index contributed by atoms with van der Waals surface area (Å²) in [6.45, 7) is 1.85. The maximum atomic E-state index is 15.6. The quantitative estimate of drug-likeness (QED) is 0.243. The van der Waals surface area contributed by atoms with E-state index in [0.29, 0.717) is 43.1 Å². The normalized spacial score (nSPS) is 16.5. The average molecular weight is 643 g/mol. The van der Waals surface area contributed by atoms with Crippen molar-refractivity contribution in [3.8, 4) is 11.1 Å². The van der Waals surface area contributed by atoms with Gasteiger partial charge in [0.2, 0.25) is 5.91 Å². The van der Waals surface area contributed by atoms with Crippen LogP contribution < -0.4 is 15.5 Å². The highest BCUT2D eigenvalue weighted by Gasteiger charge is 2.41. The van der Waals surface area contributed by atoms with Gasteiger partial charge >= 0.3 is 0 Å². The predicted molar refractivity (Wildman–Crippen MR) is 179 cm³/mol. The van der Waals surface area contributed by atoms with Gasteiger partial charge in [-0.1, -0.05) is 66.7 Å². The van der Waals surface area contributed by atoms with Crippen molar-refractivity contribution in [3.05, 3.63) is 126 Å². The van der Waals surface area contributed by atoms with E-state index in [1.807, 2.05) is 42.5 Å². The summed E-state index contributed by atoms with van der Waals surface area (Å²) in [6.07, 6.45) is 0.397. The van der Waals surface area contributed by atoms with Gasteiger partial charge in [0.25, 0.3) is 17.7 Å². The Labute approximate surface area is 272 Å². The Balaban J connectivity index is 0.00000417. The van der Waals surface area contributed by atoms with Crippen molar-refractivity contribution >= 4 is 47.1 Å². The molecule has 0 atom stereocenters. The van der Waals surface area contributed by atoms with Crippen LogP contribution in [0.15, 0.2) is 109 Å². The Hall–Kier alpha value is -4.86. The molecule has 236 valence electrons. The molecule has 0 aromatic heterocycles. The Morgan fingerprint density at radius 1 is 0.761 bits per heavy atom. The van der Waals surface area contributed by atoms with Crippen molar-refractivity contribution in [2.24, 2.45) is 0 Å². The lowest BCUT2D eigenvalue weighted by Crippen LogP contribution is -2.46. The number of para-hydroxylation sites is 1. The van der Waals surface area contributed by atoms with Crippen LogP contribution >= 0.6 is 12.4 Å². The van der Waals surface area contributed by atoms with Gasteiger partial charge in [-0.25, -0.2) is 8.78 Å². The molecule has 4 aromatic rings. The SMILES string of the molecule is Cl.O=C(Nc1ccc(C(=O)N2CCC(F)(F)C(=CC(=O)N3CCNCC3)c3ccccc32)cc1)c1ccccc1-c1ccccc1. The number of halogens is 3. The number of carbonyl (C=O) groups excluding carboxylic acids is 3. The highest BCUT2D eigenvalue weighted by molar-refractivity contribution is 6.11. The molecule has 7 nitrogen and oxygen atoms in total. The first kappa shape index (κ1) is 32.5. The molecule has 0 aliphatic carbocycles. The van der Waals surface area contributed by atoms with Crippen LogP contribution in [-0.4, -0.2) is 61.3 Å². The lowest BCUT2D eigenvalue weighted by atomic mass is 9.96. The van der Waals surface area contributed by atoms with Crippen LogP contribution in [0.4, 0.5) is 20.2 Å². The molecule has 4 aromatic carbocycles. The second-order valence-electron chi connectivity index (χ2n) is 11.0. The number of anilines is 2. The molecule has 0 saturated carbocycles. The molecule has 0 bridgehead atoms. The van der Waals surface area contributed by atoms with Crippen LogP contribution in [0.1, 0.15) is 32.7 Å². The number of fused-ring (bicyclic) bond motifs is 1. The standard InChI is InChI=1S/C36H32F2N4O3.ClH/c37-36(38)18-21-42(32-13-7-6-12-30(32)31(36)24-33(43)41-22-19-39-20-23-41)35(45)26-14-16-27(17-15-26)40-34(44)29-11-5-4-10-28(29)25-8-2-1-3-9-25;/h1-17,24,39H,18-23H2,(H,40,44);1H. The fraction of sp³-hybridized carbons (Fsp3) is 0.194. The third-order valence-corrected chi connectivity index (χ3v) is 8.12. The monoisotopic (exact) mass is 642 g/mol. The lowest BCUT2D eigenvalue weighted by Gasteiger charge is -2.27. The number of alkyl halides is 2. The van der Waals surface area contributed by atoms with Crippen molar-refractivity contribution in [1.29, 1.82) is 0 Å². The van der Waals surface area contributed by atoms with Crippen molar-refractivity contribution in [3.63, 3.8) is 0 Å². The van der Waals surface area contributed by atoms with Gasteiger partial charge in [-0.15, -0.1) is 12.4 Å². The minimum absolute atomic E-state index is 0. The van der Waals surface area contributed by atoms with E-state index in [-0.39, 0.29) is 41.6 Å². The van der Waals surface area contributed by atoms with Crippen LogP contribution in [0.3, 0.4) is 0 Å². The highest BCUT2D eigenvalue weighted by Crippen LogP contribution is 2.43. The summed E-state index contributed by atoms with van der Waals surface area (Å²) < 4.78 is 31.2. The molecule has 3 amide bonds. The van der Waals surface area contributed by atoms with E-state index >= 15 is 8.78 Å². The van der Waals surface area contributed by atoms with E-state index < -0.39 is 24.2 Å². The third kappa shape index (κ3) is 6.85. The minimum Gasteiger partial charge on any atom is -0.337 e. The second-order valence-corrected chi connectivity index (χ2v) is 11.0.